The van der Waals surface area contributed by atoms with E-state index in [2.05, 4.69) is 10.6 Å². The molecular weight excluding hydrogens is 504 g/mol. The lowest BCUT2D eigenvalue weighted by molar-refractivity contribution is -0.149. The predicted octanol–water partition coefficient (Wildman–Crippen LogP) is 1.81. The summed E-state index contributed by atoms with van der Waals surface area (Å²) in [6, 6.07) is -3.31. The largest absolute Gasteiger partial charge is 0.480 e. The Morgan fingerprint density at radius 2 is 1.41 bits per heavy atom. The summed E-state index contributed by atoms with van der Waals surface area (Å²) in [5.74, 6) is -3.29. The number of nitrogens with zero attached hydrogens (tertiary/aromatic N) is 2. The van der Waals surface area contributed by atoms with Gasteiger partial charge in [0.05, 0.1) is 12.0 Å². The van der Waals surface area contributed by atoms with E-state index in [1.165, 1.54) is 16.7 Å². The summed E-state index contributed by atoms with van der Waals surface area (Å²) < 4.78 is 0. The zero-order valence-electron chi connectivity index (χ0n) is 24.0. The highest BCUT2D eigenvalue weighted by atomic mass is 16.4. The van der Waals surface area contributed by atoms with E-state index in [9.17, 15) is 34.2 Å². The Balaban J connectivity index is 2.15. The fourth-order valence-corrected chi connectivity index (χ4v) is 5.29. The molecule has 1 unspecified atom stereocenters. The number of hydrogen-bond acceptors (Lipinski definition) is 6. The third kappa shape index (κ3) is 8.91. The van der Waals surface area contributed by atoms with Crippen molar-refractivity contribution in [3.05, 3.63) is 0 Å². The number of amides is 4. The van der Waals surface area contributed by atoms with Crippen molar-refractivity contribution >= 4 is 29.6 Å². The monoisotopic (exact) mass is 552 g/mol. The van der Waals surface area contributed by atoms with Gasteiger partial charge in [0.15, 0.2) is 0 Å². The number of unbranched alkanes of at least 4 members (excludes halogenated alkanes) is 3. The normalized spacial score (nSPS) is 22.2. The van der Waals surface area contributed by atoms with Gasteiger partial charge in [0.25, 0.3) is 0 Å². The van der Waals surface area contributed by atoms with Crippen LogP contribution in [0.2, 0.25) is 0 Å². The molecule has 0 aromatic rings. The Labute approximate surface area is 232 Å². The van der Waals surface area contributed by atoms with Gasteiger partial charge in [-0.3, -0.25) is 19.2 Å². The maximum Gasteiger partial charge on any atom is 0.326 e. The van der Waals surface area contributed by atoms with E-state index in [4.69, 9.17) is 0 Å². The highest BCUT2D eigenvalue weighted by Crippen LogP contribution is 2.26. The Morgan fingerprint density at radius 3 is 2.00 bits per heavy atom. The summed E-state index contributed by atoms with van der Waals surface area (Å²) in [5.41, 5.74) is 0. The summed E-state index contributed by atoms with van der Waals surface area (Å²) in [6.45, 7) is 7.87. The Morgan fingerprint density at radius 1 is 0.821 bits per heavy atom. The SMILES string of the molecule is CCCCC[C@H](NC(=O)[C@@H](C)[C@@H](C)O)C(=O)N1CCCC1C(=O)N1CCC[C@H]1C(=O)N[C@@H](CCCC)C(=O)O. The molecule has 2 rings (SSSR count). The lowest BCUT2D eigenvalue weighted by atomic mass is 10.0. The molecular formula is C28H48N4O7. The van der Waals surface area contributed by atoms with Crippen LogP contribution < -0.4 is 10.6 Å². The standard InChI is InChI=1S/C28H48N4O7/c1-5-7-9-13-20(29-24(34)18(3)19(4)33)26(36)32-17-11-15-23(32)27(37)31-16-10-14-22(31)25(35)30-21(28(38)39)12-8-6-2/h18-23,33H,5-17H2,1-4H3,(H,29,34)(H,30,35)(H,38,39)/t18-,19+,20-,21-,22-,23?/m0/s1. The highest BCUT2D eigenvalue weighted by Gasteiger charge is 2.44. The van der Waals surface area contributed by atoms with Crippen LogP contribution in [0.3, 0.4) is 0 Å². The first-order valence-electron chi connectivity index (χ1n) is 14.7. The molecule has 0 aromatic carbocycles. The Hall–Kier alpha value is -2.69. The van der Waals surface area contributed by atoms with Gasteiger partial charge in [0.2, 0.25) is 23.6 Å². The predicted molar refractivity (Wildman–Crippen MR) is 145 cm³/mol. The molecule has 11 nitrogen and oxygen atoms in total. The molecule has 0 aromatic heterocycles. The number of carboxylic acids is 1. The molecule has 39 heavy (non-hydrogen) atoms. The second-order valence-electron chi connectivity index (χ2n) is 11.0. The summed E-state index contributed by atoms with van der Waals surface area (Å²) in [6.07, 6.45) is 6.08. The van der Waals surface area contributed by atoms with Crippen molar-refractivity contribution in [1.82, 2.24) is 20.4 Å². The molecule has 0 saturated carbocycles. The van der Waals surface area contributed by atoms with Crippen molar-refractivity contribution < 1.29 is 34.2 Å². The first-order chi connectivity index (χ1) is 18.5. The fraction of sp³-hybridized carbons (Fsp3) is 0.821. The molecule has 2 fully saturated rings. The minimum absolute atomic E-state index is 0.310. The van der Waals surface area contributed by atoms with Crippen molar-refractivity contribution in [3.8, 4) is 0 Å². The lowest BCUT2D eigenvalue weighted by Crippen LogP contribution is -2.57. The van der Waals surface area contributed by atoms with Crippen molar-refractivity contribution in [3.63, 3.8) is 0 Å². The fourth-order valence-electron chi connectivity index (χ4n) is 5.29. The second kappa shape index (κ2) is 15.8. The summed E-state index contributed by atoms with van der Waals surface area (Å²) >= 11 is 0. The molecule has 4 N–H and O–H groups in total. The van der Waals surface area contributed by atoms with Crippen molar-refractivity contribution in [2.45, 2.75) is 129 Å². The number of likely N-dealkylation sites (tertiary alicyclic amines) is 2. The van der Waals surface area contributed by atoms with E-state index < -0.39 is 54.0 Å². The van der Waals surface area contributed by atoms with Gasteiger partial charge in [-0.2, -0.15) is 0 Å². The van der Waals surface area contributed by atoms with Crippen LogP contribution in [-0.2, 0) is 24.0 Å². The number of aliphatic hydroxyl groups is 1. The Bertz CT molecular complexity index is 865. The zero-order chi connectivity index (χ0) is 29.1. The molecule has 6 atom stereocenters. The number of carbonyl (C=O) groups is 5. The van der Waals surface area contributed by atoms with Crippen LogP contribution in [0, 0.1) is 5.92 Å². The topological polar surface area (TPSA) is 156 Å². The van der Waals surface area contributed by atoms with Crippen LogP contribution in [0.1, 0.15) is 98.3 Å². The molecule has 222 valence electrons. The van der Waals surface area contributed by atoms with Crippen LogP contribution >= 0.6 is 0 Å². The van der Waals surface area contributed by atoms with Crippen LogP contribution in [0.5, 0.6) is 0 Å². The van der Waals surface area contributed by atoms with Crippen molar-refractivity contribution in [1.29, 1.82) is 0 Å². The van der Waals surface area contributed by atoms with E-state index in [-0.39, 0.29) is 11.8 Å². The molecule has 0 aliphatic carbocycles. The van der Waals surface area contributed by atoms with Gasteiger partial charge in [0, 0.05) is 13.1 Å². The van der Waals surface area contributed by atoms with Gasteiger partial charge < -0.3 is 30.6 Å². The molecule has 2 aliphatic heterocycles. The van der Waals surface area contributed by atoms with E-state index in [1.54, 1.807) is 6.92 Å². The quantitative estimate of drug-likeness (QED) is 0.226. The number of carboxylic acid groups (broad SMARTS) is 1. The summed E-state index contributed by atoms with van der Waals surface area (Å²) in [5, 5.41) is 24.8. The number of carbonyl (C=O) groups excluding carboxylic acids is 4. The van der Waals surface area contributed by atoms with Crippen LogP contribution in [0.25, 0.3) is 0 Å². The average molecular weight is 553 g/mol. The number of hydrogen-bond donors (Lipinski definition) is 4. The van der Waals surface area contributed by atoms with Gasteiger partial charge in [0.1, 0.15) is 24.2 Å². The van der Waals surface area contributed by atoms with E-state index >= 15 is 0 Å². The van der Waals surface area contributed by atoms with Crippen LogP contribution in [-0.4, -0.2) is 93.0 Å². The maximum absolute atomic E-state index is 13.7. The molecule has 0 spiro atoms. The van der Waals surface area contributed by atoms with E-state index in [0.29, 0.717) is 58.0 Å². The maximum atomic E-state index is 13.7. The highest BCUT2D eigenvalue weighted by molar-refractivity contribution is 5.95. The smallest absolute Gasteiger partial charge is 0.326 e. The summed E-state index contributed by atoms with van der Waals surface area (Å²) in [4.78, 5) is 67.7. The van der Waals surface area contributed by atoms with Gasteiger partial charge in [-0.1, -0.05) is 52.9 Å². The molecule has 4 amide bonds. The van der Waals surface area contributed by atoms with Gasteiger partial charge in [-0.05, 0) is 45.4 Å². The minimum Gasteiger partial charge on any atom is -0.480 e. The number of aliphatic hydroxyl groups excluding tert-OH is 1. The number of rotatable bonds is 15. The zero-order valence-corrected chi connectivity index (χ0v) is 24.0. The first-order valence-corrected chi connectivity index (χ1v) is 14.7. The van der Waals surface area contributed by atoms with E-state index in [1.807, 2.05) is 13.8 Å². The van der Waals surface area contributed by atoms with Gasteiger partial charge >= 0.3 is 5.97 Å². The first kappa shape index (κ1) is 32.5. The molecule has 2 aliphatic rings. The molecule has 0 bridgehead atoms. The molecule has 2 heterocycles. The van der Waals surface area contributed by atoms with Crippen molar-refractivity contribution in [2.24, 2.45) is 5.92 Å². The summed E-state index contributed by atoms with van der Waals surface area (Å²) in [7, 11) is 0. The third-order valence-electron chi connectivity index (χ3n) is 7.97. The molecule has 2 saturated heterocycles. The Kier molecular flexibility index (Phi) is 13.2. The number of aliphatic carboxylic acids is 1. The third-order valence-corrected chi connectivity index (χ3v) is 7.97. The number of nitrogens with one attached hydrogen (secondary N) is 2. The molecule has 0 radical (unpaired) electrons. The van der Waals surface area contributed by atoms with Gasteiger partial charge in [-0.25, -0.2) is 4.79 Å². The second-order valence-corrected chi connectivity index (χ2v) is 11.0. The van der Waals surface area contributed by atoms with Crippen molar-refractivity contribution in [2.75, 3.05) is 13.1 Å². The minimum atomic E-state index is -1.10. The van der Waals surface area contributed by atoms with E-state index in [0.717, 1.165) is 25.7 Å². The van der Waals surface area contributed by atoms with Crippen LogP contribution in [0.15, 0.2) is 0 Å². The average Bonchev–Trinajstić information content (AvgIpc) is 3.59. The lowest BCUT2D eigenvalue weighted by Gasteiger charge is -2.33. The van der Waals surface area contributed by atoms with Gasteiger partial charge in [-0.15, -0.1) is 0 Å². The van der Waals surface area contributed by atoms with Crippen LogP contribution in [0.4, 0.5) is 0 Å². The molecule has 11 heteroatoms.